The number of hydrogen-bond donors (Lipinski definition) is 3. The summed E-state index contributed by atoms with van der Waals surface area (Å²) in [7, 11) is 0. The van der Waals surface area contributed by atoms with Gasteiger partial charge in [0, 0.05) is 29.9 Å². The quantitative estimate of drug-likeness (QED) is 0.750. The number of benzene rings is 1. The number of halogens is 1. The van der Waals surface area contributed by atoms with Crippen LogP contribution >= 0.6 is 11.6 Å². The number of carbonyl (C=O) groups excluding carboxylic acids is 2. The number of nitrogens with one attached hydrogen (secondary N) is 2. The van der Waals surface area contributed by atoms with Crippen LogP contribution in [0.4, 0.5) is 4.79 Å². The summed E-state index contributed by atoms with van der Waals surface area (Å²) in [6.45, 7) is 0.791. The number of hydrogen-bond acceptors (Lipinski definition) is 2. The molecule has 0 radical (unpaired) electrons. The molecule has 1 saturated carbocycles. The highest BCUT2D eigenvalue weighted by Gasteiger charge is 2.40. The van der Waals surface area contributed by atoms with Gasteiger partial charge >= 0.3 is 6.03 Å². The van der Waals surface area contributed by atoms with Gasteiger partial charge in [0.15, 0.2) is 0 Å². The summed E-state index contributed by atoms with van der Waals surface area (Å²) < 4.78 is 0. The fourth-order valence-corrected chi connectivity index (χ4v) is 2.98. The summed E-state index contributed by atoms with van der Waals surface area (Å²) in [5.41, 5.74) is 6.04. The lowest BCUT2D eigenvalue weighted by atomic mass is 9.64. The van der Waals surface area contributed by atoms with E-state index >= 15 is 0 Å². The molecule has 3 amide bonds. The third-order valence-electron chi connectivity index (χ3n) is 4.00. The summed E-state index contributed by atoms with van der Waals surface area (Å²) in [6.07, 6.45) is 3.30. The third-order valence-corrected chi connectivity index (χ3v) is 4.33. The largest absolute Gasteiger partial charge is 0.370 e. The van der Waals surface area contributed by atoms with E-state index in [2.05, 4.69) is 10.6 Å². The van der Waals surface area contributed by atoms with Crippen LogP contribution in [0.1, 0.15) is 31.2 Å². The Balaban J connectivity index is 1.90. The van der Waals surface area contributed by atoms with Gasteiger partial charge in [0.25, 0.3) is 0 Å². The van der Waals surface area contributed by atoms with E-state index in [1.165, 1.54) is 0 Å². The molecule has 0 aromatic heterocycles. The normalized spacial score (nSPS) is 15.9. The Hall–Kier alpha value is -1.75. The first-order valence-corrected chi connectivity index (χ1v) is 7.46. The molecule has 1 fully saturated rings. The molecule has 0 unspecified atom stereocenters. The van der Waals surface area contributed by atoms with Crippen LogP contribution in [-0.4, -0.2) is 25.0 Å². The zero-order valence-corrected chi connectivity index (χ0v) is 12.6. The fourth-order valence-electron chi connectivity index (χ4n) is 2.65. The maximum absolute atomic E-state index is 11.7. The van der Waals surface area contributed by atoms with E-state index in [1.807, 2.05) is 24.3 Å². The van der Waals surface area contributed by atoms with Crippen molar-refractivity contribution in [3.8, 4) is 0 Å². The lowest BCUT2D eigenvalue weighted by molar-refractivity contribution is -0.117. The number of amides is 3. The second-order valence-electron chi connectivity index (χ2n) is 5.44. The summed E-state index contributed by atoms with van der Waals surface area (Å²) in [4.78, 5) is 22.3. The van der Waals surface area contributed by atoms with Crippen molar-refractivity contribution >= 4 is 23.5 Å². The zero-order chi connectivity index (χ0) is 15.3. The Kier molecular flexibility index (Phi) is 5.07. The number of primary amides is 1. The van der Waals surface area contributed by atoms with Crippen LogP contribution in [0.3, 0.4) is 0 Å². The summed E-state index contributed by atoms with van der Waals surface area (Å²) >= 11 is 6.28. The van der Waals surface area contributed by atoms with E-state index in [0.717, 1.165) is 29.8 Å². The Morgan fingerprint density at radius 1 is 1.24 bits per heavy atom. The van der Waals surface area contributed by atoms with Gasteiger partial charge in [-0.25, -0.2) is 4.79 Å². The average Bonchev–Trinajstić information content (AvgIpc) is 2.39. The van der Waals surface area contributed by atoms with Gasteiger partial charge in [-0.05, 0) is 24.5 Å². The molecule has 21 heavy (non-hydrogen) atoms. The van der Waals surface area contributed by atoms with Crippen molar-refractivity contribution in [3.05, 3.63) is 34.9 Å². The molecule has 4 N–H and O–H groups in total. The number of rotatable bonds is 6. The molecule has 0 aliphatic heterocycles. The summed E-state index contributed by atoms with van der Waals surface area (Å²) in [6, 6.07) is 7.49. The molecule has 2 rings (SSSR count). The van der Waals surface area contributed by atoms with E-state index in [9.17, 15) is 9.59 Å². The fraction of sp³-hybridized carbons (Fsp3) is 0.467. The molecule has 1 aliphatic rings. The smallest absolute Gasteiger partial charge is 0.314 e. The first-order valence-electron chi connectivity index (χ1n) is 7.08. The Morgan fingerprint density at radius 2 is 1.95 bits per heavy atom. The van der Waals surface area contributed by atoms with Gasteiger partial charge in [0.2, 0.25) is 5.91 Å². The van der Waals surface area contributed by atoms with Gasteiger partial charge in [-0.15, -0.1) is 0 Å². The number of carbonyl (C=O) groups is 2. The van der Waals surface area contributed by atoms with Crippen molar-refractivity contribution in [1.82, 2.24) is 10.6 Å². The van der Waals surface area contributed by atoms with Crippen molar-refractivity contribution in [2.75, 3.05) is 13.1 Å². The molecule has 0 saturated heterocycles. The molecule has 5 nitrogen and oxygen atoms in total. The molecule has 114 valence electrons. The van der Waals surface area contributed by atoms with E-state index < -0.39 is 5.91 Å². The molecule has 0 atom stereocenters. The highest BCUT2D eigenvalue weighted by molar-refractivity contribution is 6.31. The van der Waals surface area contributed by atoms with Gasteiger partial charge in [-0.2, -0.15) is 0 Å². The average molecular weight is 310 g/mol. The maximum atomic E-state index is 11.7. The van der Waals surface area contributed by atoms with Crippen LogP contribution in [0.25, 0.3) is 0 Å². The first kappa shape index (κ1) is 15.6. The molecule has 0 bridgehead atoms. The van der Waals surface area contributed by atoms with E-state index in [0.29, 0.717) is 6.54 Å². The predicted octanol–water partition coefficient (Wildman–Crippen LogP) is 1.94. The minimum atomic E-state index is -0.429. The van der Waals surface area contributed by atoms with Crippen molar-refractivity contribution in [1.29, 1.82) is 0 Å². The SMILES string of the molecule is NC(=O)CCNC(=O)NCC1(c2ccccc2Cl)CCC1. The van der Waals surface area contributed by atoms with Crippen LogP contribution in [0, 0.1) is 0 Å². The minimum absolute atomic E-state index is 0.0701. The second kappa shape index (κ2) is 6.80. The maximum Gasteiger partial charge on any atom is 0.314 e. The summed E-state index contributed by atoms with van der Waals surface area (Å²) in [5.74, 6) is -0.429. The minimum Gasteiger partial charge on any atom is -0.370 e. The van der Waals surface area contributed by atoms with Crippen LogP contribution in [0.15, 0.2) is 24.3 Å². The highest BCUT2D eigenvalue weighted by atomic mass is 35.5. The Bertz CT molecular complexity index is 529. The molecule has 0 spiro atoms. The highest BCUT2D eigenvalue weighted by Crippen LogP contribution is 2.45. The molecule has 0 heterocycles. The van der Waals surface area contributed by atoms with Crippen molar-refractivity contribution < 1.29 is 9.59 Å². The van der Waals surface area contributed by atoms with E-state index in [-0.39, 0.29) is 24.4 Å². The van der Waals surface area contributed by atoms with Crippen molar-refractivity contribution in [3.63, 3.8) is 0 Å². The van der Waals surface area contributed by atoms with Gasteiger partial charge < -0.3 is 16.4 Å². The molecule has 6 heteroatoms. The standard InChI is InChI=1S/C15H20ClN3O2/c16-12-5-2-1-4-11(12)15(7-3-8-15)10-19-14(21)18-9-6-13(17)20/h1-2,4-5H,3,6-10H2,(H2,17,20)(H2,18,19,21). The van der Waals surface area contributed by atoms with Gasteiger partial charge in [0.1, 0.15) is 0 Å². The Morgan fingerprint density at radius 3 is 2.52 bits per heavy atom. The molecule has 1 aliphatic carbocycles. The third kappa shape index (κ3) is 3.88. The number of nitrogens with two attached hydrogens (primary N) is 1. The molecule has 1 aromatic rings. The number of urea groups is 1. The predicted molar refractivity (Wildman–Crippen MR) is 82.2 cm³/mol. The van der Waals surface area contributed by atoms with Crippen LogP contribution in [-0.2, 0) is 10.2 Å². The van der Waals surface area contributed by atoms with Gasteiger partial charge in [0.05, 0.1) is 0 Å². The van der Waals surface area contributed by atoms with Crippen molar-refractivity contribution in [2.45, 2.75) is 31.1 Å². The van der Waals surface area contributed by atoms with Gasteiger partial charge in [-0.1, -0.05) is 36.2 Å². The Labute approximate surface area is 129 Å². The topological polar surface area (TPSA) is 84.2 Å². The van der Waals surface area contributed by atoms with Crippen LogP contribution < -0.4 is 16.4 Å². The van der Waals surface area contributed by atoms with Crippen LogP contribution in [0.5, 0.6) is 0 Å². The van der Waals surface area contributed by atoms with E-state index in [4.69, 9.17) is 17.3 Å². The van der Waals surface area contributed by atoms with Gasteiger partial charge in [-0.3, -0.25) is 4.79 Å². The molecular formula is C15H20ClN3O2. The molecule has 1 aromatic carbocycles. The second-order valence-corrected chi connectivity index (χ2v) is 5.85. The summed E-state index contributed by atoms with van der Waals surface area (Å²) in [5, 5.41) is 6.22. The lowest BCUT2D eigenvalue weighted by Gasteiger charge is -2.43. The molecular weight excluding hydrogens is 290 g/mol. The van der Waals surface area contributed by atoms with Crippen molar-refractivity contribution in [2.24, 2.45) is 5.73 Å². The van der Waals surface area contributed by atoms with Crippen LogP contribution in [0.2, 0.25) is 5.02 Å². The monoisotopic (exact) mass is 309 g/mol. The first-order chi connectivity index (χ1) is 10.0. The zero-order valence-electron chi connectivity index (χ0n) is 11.8. The van der Waals surface area contributed by atoms with E-state index in [1.54, 1.807) is 0 Å². The lowest BCUT2D eigenvalue weighted by Crippen LogP contribution is -2.48.